The number of nitrogens with one attached hydrogen (secondary N) is 3. The first-order valence-electron chi connectivity index (χ1n) is 10.1. The highest BCUT2D eigenvalue weighted by molar-refractivity contribution is 5.93. The van der Waals surface area contributed by atoms with Crippen LogP contribution in [0.3, 0.4) is 0 Å². The van der Waals surface area contributed by atoms with Crippen LogP contribution in [-0.2, 0) is 0 Å². The summed E-state index contributed by atoms with van der Waals surface area (Å²) in [6.07, 6.45) is 4.72. The number of carbonyl (C=O) groups excluding carboxylic acids is 1. The molecular weight excluding hydrogens is 459 g/mol. The standard InChI is InChI=1S/C23H21FN8O.ClH/c1-14(15-2-6-17(24)7-3-15)28-23-31-19(29-18-8-4-16(5-9-18)22(25)33)12-20(32-23)30-21-13-26-10-11-27-21;/h2-14H,1H3,(H2,25,33)(H3,27,28,29,30,31,32);1H. The second-order valence-corrected chi connectivity index (χ2v) is 7.16. The smallest absolute Gasteiger partial charge is 0.248 e. The van der Waals surface area contributed by atoms with Gasteiger partial charge >= 0.3 is 0 Å². The molecule has 0 radical (unpaired) electrons. The molecule has 1 amide bonds. The summed E-state index contributed by atoms with van der Waals surface area (Å²) < 4.78 is 13.3. The van der Waals surface area contributed by atoms with E-state index in [2.05, 4.69) is 35.9 Å². The molecule has 0 spiro atoms. The van der Waals surface area contributed by atoms with Gasteiger partial charge in [-0.25, -0.2) is 9.37 Å². The third kappa shape index (κ3) is 6.36. The van der Waals surface area contributed by atoms with Crippen molar-refractivity contribution in [2.45, 2.75) is 13.0 Å². The van der Waals surface area contributed by atoms with Crippen molar-refractivity contribution >= 4 is 47.4 Å². The molecule has 0 saturated heterocycles. The van der Waals surface area contributed by atoms with Gasteiger partial charge in [0.05, 0.1) is 12.2 Å². The fourth-order valence-electron chi connectivity index (χ4n) is 3.03. The number of hydrogen-bond acceptors (Lipinski definition) is 8. The molecule has 0 bridgehead atoms. The molecule has 0 aliphatic rings. The molecule has 34 heavy (non-hydrogen) atoms. The van der Waals surface area contributed by atoms with Gasteiger partial charge in [-0.1, -0.05) is 12.1 Å². The zero-order chi connectivity index (χ0) is 23.2. The van der Waals surface area contributed by atoms with Gasteiger partial charge in [0.1, 0.15) is 23.3 Å². The summed E-state index contributed by atoms with van der Waals surface area (Å²) in [4.78, 5) is 28.6. The monoisotopic (exact) mass is 480 g/mol. The van der Waals surface area contributed by atoms with E-state index in [1.807, 2.05) is 6.92 Å². The zero-order valence-electron chi connectivity index (χ0n) is 18.1. The van der Waals surface area contributed by atoms with Crippen LogP contribution in [0.4, 0.5) is 33.5 Å². The molecule has 4 rings (SSSR count). The predicted molar refractivity (Wildman–Crippen MR) is 131 cm³/mol. The maximum atomic E-state index is 13.3. The van der Waals surface area contributed by atoms with E-state index in [1.54, 1.807) is 61.1 Å². The third-order valence-electron chi connectivity index (χ3n) is 4.70. The van der Waals surface area contributed by atoms with Gasteiger partial charge in [-0.3, -0.25) is 9.78 Å². The summed E-state index contributed by atoms with van der Waals surface area (Å²) >= 11 is 0. The number of anilines is 5. The van der Waals surface area contributed by atoms with Crippen LogP contribution in [0.15, 0.2) is 73.2 Å². The second-order valence-electron chi connectivity index (χ2n) is 7.16. The summed E-state index contributed by atoms with van der Waals surface area (Å²) in [5.41, 5.74) is 7.30. The van der Waals surface area contributed by atoms with Crippen molar-refractivity contribution in [3.8, 4) is 0 Å². The Hall–Kier alpha value is -4.31. The molecule has 1 unspecified atom stereocenters. The minimum Gasteiger partial charge on any atom is -0.366 e. The SMILES string of the molecule is CC(Nc1nc(Nc2ccc(C(N)=O)cc2)cc(Nc2cnccn2)n1)c1ccc(F)cc1.Cl. The molecule has 2 heterocycles. The molecule has 2 aromatic heterocycles. The summed E-state index contributed by atoms with van der Waals surface area (Å²) in [6, 6.07) is 14.5. The summed E-state index contributed by atoms with van der Waals surface area (Å²) in [5, 5.41) is 9.52. The van der Waals surface area contributed by atoms with Crippen LogP contribution < -0.4 is 21.7 Å². The van der Waals surface area contributed by atoms with E-state index in [0.29, 0.717) is 34.7 Å². The molecule has 0 aliphatic heterocycles. The van der Waals surface area contributed by atoms with E-state index < -0.39 is 5.91 Å². The largest absolute Gasteiger partial charge is 0.366 e. The Bertz CT molecular complexity index is 1240. The number of nitrogens with zero attached hydrogens (tertiary/aromatic N) is 4. The zero-order valence-corrected chi connectivity index (χ0v) is 18.9. The van der Waals surface area contributed by atoms with Crippen molar-refractivity contribution < 1.29 is 9.18 Å². The minimum absolute atomic E-state index is 0. The lowest BCUT2D eigenvalue weighted by Crippen LogP contribution is -2.12. The Balaban J connectivity index is 0.00000324. The third-order valence-corrected chi connectivity index (χ3v) is 4.70. The Morgan fingerprint density at radius 1 is 0.941 bits per heavy atom. The van der Waals surface area contributed by atoms with Crippen LogP contribution in [0.1, 0.15) is 28.9 Å². The number of amides is 1. The summed E-state index contributed by atoms with van der Waals surface area (Å²) in [6.45, 7) is 1.93. The van der Waals surface area contributed by atoms with Crippen LogP contribution in [0, 0.1) is 5.82 Å². The van der Waals surface area contributed by atoms with Crippen LogP contribution in [0.2, 0.25) is 0 Å². The first-order valence-corrected chi connectivity index (χ1v) is 10.1. The number of aromatic nitrogens is 4. The fourth-order valence-corrected chi connectivity index (χ4v) is 3.03. The number of primary amides is 1. The molecule has 9 nitrogen and oxygen atoms in total. The van der Waals surface area contributed by atoms with Crippen LogP contribution >= 0.6 is 12.4 Å². The van der Waals surface area contributed by atoms with Gasteiger partial charge in [0.15, 0.2) is 0 Å². The lowest BCUT2D eigenvalue weighted by Gasteiger charge is -2.16. The van der Waals surface area contributed by atoms with Crippen molar-refractivity contribution in [1.82, 2.24) is 19.9 Å². The van der Waals surface area contributed by atoms with E-state index in [0.717, 1.165) is 5.56 Å². The van der Waals surface area contributed by atoms with E-state index in [9.17, 15) is 9.18 Å². The van der Waals surface area contributed by atoms with Crippen molar-refractivity contribution in [2.75, 3.05) is 16.0 Å². The molecule has 0 saturated carbocycles. The fraction of sp³-hybridized carbons (Fsp3) is 0.0870. The number of halogens is 2. The van der Waals surface area contributed by atoms with E-state index in [-0.39, 0.29) is 24.3 Å². The first-order chi connectivity index (χ1) is 16.0. The van der Waals surface area contributed by atoms with Gasteiger partial charge in [0, 0.05) is 29.7 Å². The predicted octanol–water partition coefficient (Wildman–Crippen LogP) is 4.59. The van der Waals surface area contributed by atoms with Gasteiger partial charge in [-0.05, 0) is 48.9 Å². The van der Waals surface area contributed by atoms with Crippen molar-refractivity contribution in [3.05, 3.63) is 90.1 Å². The number of benzene rings is 2. The van der Waals surface area contributed by atoms with Gasteiger partial charge < -0.3 is 21.7 Å². The Labute approximate surface area is 201 Å². The van der Waals surface area contributed by atoms with Crippen molar-refractivity contribution in [1.29, 1.82) is 0 Å². The van der Waals surface area contributed by atoms with Gasteiger partial charge in [-0.2, -0.15) is 9.97 Å². The van der Waals surface area contributed by atoms with Gasteiger partial charge in [-0.15, -0.1) is 12.4 Å². The van der Waals surface area contributed by atoms with Crippen LogP contribution in [0.5, 0.6) is 0 Å². The average molecular weight is 481 g/mol. The van der Waals surface area contributed by atoms with Gasteiger partial charge in [0.25, 0.3) is 0 Å². The lowest BCUT2D eigenvalue weighted by atomic mass is 10.1. The molecule has 2 aromatic carbocycles. The maximum absolute atomic E-state index is 13.3. The number of rotatable bonds is 8. The molecular formula is C23H22ClFN8O. The Kier molecular flexibility index (Phi) is 7.88. The molecule has 11 heteroatoms. The van der Waals surface area contributed by atoms with E-state index >= 15 is 0 Å². The minimum atomic E-state index is -0.500. The lowest BCUT2D eigenvalue weighted by molar-refractivity contribution is 0.100. The molecule has 0 fully saturated rings. The normalized spacial score (nSPS) is 11.1. The number of hydrogen-bond donors (Lipinski definition) is 4. The maximum Gasteiger partial charge on any atom is 0.248 e. The van der Waals surface area contributed by atoms with E-state index in [4.69, 9.17) is 5.73 Å². The highest BCUT2D eigenvalue weighted by Crippen LogP contribution is 2.24. The summed E-state index contributed by atoms with van der Waals surface area (Å²) in [7, 11) is 0. The Morgan fingerprint density at radius 3 is 2.24 bits per heavy atom. The topological polar surface area (TPSA) is 131 Å². The molecule has 4 aromatic rings. The number of nitrogens with two attached hydrogens (primary N) is 1. The number of carbonyl (C=O) groups is 1. The molecule has 5 N–H and O–H groups in total. The quantitative estimate of drug-likeness (QED) is 0.288. The summed E-state index contributed by atoms with van der Waals surface area (Å²) in [5.74, 6) is 1.04. The van der Waals surface area contributed by atoms with Gasteiger partial charge in [0.2, 0.25) is 11.9 Å². The van der Waals surface area contributed by atoms with Crippen LogP contribution in [-0.4, -0.2) is 25.8 Å². The highest BCUT2D eigenvalue weighted by Gasteiger charge is 2.11. The average Bonchev–Trinajstić information content (AvgIpc) is 2.80. The second kappa shape index (κ2) is 11.0. The molecule has 1 atom stereocenters. The van der Waals surface area contributed by atoms with Crippen LogP contribution in [0.25, 0.3) is 0 Å². The molecule has 174 valence electrons. The first kappa shape index (κ1) is 24.3. The van der Waals surface area contributed by atoms with E-state index in [1.165, 1.54) is 12.1 Å². The Morgan fingerprint density at radius 2 is 1.62 bits per heavy atom. The van der Waals surface area contributed by atoms with Crippen molar-refractivity contribution in [2.24, 2.45) is 5.73 Å². The molecule has 0 aliphatic carbocycles. The van der Waals surface area contributed by atoms with Crippen molar-refractivity contribution in [3.63, 3.8) is 0 Å². The highest BCUT2D eigenvalue weighted by atomic mass is 35.5.